The summed E-state index contributed by atoms with van der Waals surface area (Å²) in [6.45, 7) is 0. The number of rotatable bonds is 1. The number of halogens is 2. The minimum absolute atomic E-state index is 0.0144. The van der Waals surface area contributed by atoms with Gasteiger partial charge in [0.25, 0.3) is 5.69 Å². The molecule has 1 aromatic carbocycles. The monoisotopic (exact) mass is 316 g/mol. The average Bonchev–Trinajstić information content (AvgIpc) is 2.06. The van der Waals surface area contributed by atoms with Crippen LogP contribution in [-0.2, 0) is 17.6 Å². The Balaban J connectivity index is 0.000000424. The first-order valence-corrected chi connectivity index (χ1v) is 6.68. The van der Waals surface area contributed by atoms with Crippen molar-refractivity contribution in [3.05, 3.63) is 34.4 Å². The zero-order valence-electron chi connectivity index (χ0n) is 6.08. The predicted molar refractivity (Wildman–Crippen MR) is 46.5 cm³/mol. The Kier molecular flexibility index (Phi) is 7.03. The molecule has 1 aromatic rings. The van der Waals surface area contributed by atoms with Crippen molar-refractivity contribution in [2.24, 2.45) is 0 Å². The second-order valence-electron chi connectivity index (χ2n) is 1.82. The molecule has 0 radical (unpaired) electrons. The molecule has 0 aliphatic rings. The summed E-state index contributed by atoms with van der Waals surface area (Å²) in [5.74, 6) is 0.0330. The summed E-state index contributed by atoms with van der Waals surface area (Å²) in [7, 11) is 9.59. The Morgan fingerprint density at radius 1 is 1.31 bits per heavy atom. The van der Waals surface area contributed by atoms with Crippen LogP contribution in [0.5, 0.6) is 5.75 Å². The van der Waals surface area contributed by atoms with Crippen LogP contribution in [0.15, 0.2) is 24.3 Å². The summed E-state index contributed by atoms with van der Waals surface area (Å²) in [5.41, 5.74) is -0.0159. The number of nitrogens with zero attached hydrogens (tertiary/aromatic N) is 1. The van der Waals surface area contributed by atoms with E-state index in [9.17, 15) is 10.1 Å². The molecule has 4 nitrogen and oxygen atoms in total. The summed E-state index contributed by atoms with van der Waals surface area (Å²) in [6.07, 6.45) is 0. The quantitative estimate of drug-likeness (QED) is 0.492. The van der Waals surface area contributed by atoms with Crippen molar-refractivity contribution in [2.75, 3.05) is 0 Å². The van der Waals surface area contributed by atoms with Gasteiger partial charge < -0.3 is 5.11 Å². The summed E-state index contributed by atoms with van der Waals surface area (Å²) in [5, 5.41) is 18.8. The molecule has 0 unspecified atom stereocenters. The second-order valence-corrected chi connectivity index (χ2v) is 4.07. The van der Waals surface area contributed by atoms with E-state index in [1.54, 1.807) is 0 Å². The number of nitro groups is 1. The first kappa shape index (κ1) is 12.7. The van der Waals surface area contributed by atoms with Gasteiger partial charge in [-0.3, -0.25) is 10.1 Å². The summed E-state index contributed by atoms with van der Waals surface area (Å²) in [6, 6.07) is 5.04. The number of nitro benzene ring substituents is 1. The summed E-state index contributed by atoms with van der Waals surface area (Å²) >= 11 is 0.0144. The van der Waals surface area contributed by atoms with Crippen molar-refractivity contribution in [1.29, 1.82) is 0 Å². The van der Waals surface area contributed by atoms with Crippen molar-refractivity contribution in [3.8, 4) is 5.75 Å². The molecule has 0 aromatic heterocycles. The van der Waals surface area contributed by atoms with E-state index in [2.05, 4.69) is 0 Å². The Hall–Kier alpha value is -0.260. The molecule has 0 aliphatic carbocycles. The number of non-ortho nitro benzene ring substituents is 1. The van der Waals surface area contributed by atoms with Crippen molar-refractivity contribution in [2.45, 2.75) is 0 Å². The van der Waals surface area contributed by atoms with Crippen LogP contribution in [-0.4, -0.2) is 10.0 Å². The minimum atomic E-state index is -0.514. The topological polar surface area (TPSA) is 63.4 Å². The molecule has 0 saturated carbocycles. The van der Waals surface area contributed by atoms with Crippen LogP contribution in [0.3, 0.4) is 0 Å². The number of hydrogen-bond donors (Lipinski definition) is 1. The van der Waals surface area contributed by atoms with Gasteiger partial charge in [-0.15, -0.1) is 0 Å². The molecule has 13 heavy (non-hydrogen) atoms. The first-order valence-electron chi connectivity index (χ1n) is 2.86. The maximum atomic E-state index is 10.0. The van der Waals surface area contributed by atoms with Crippen LogP contribution in [0.4, 0.5) is 5.69 Å². The molecule has 0 saturated heterocycles. The summed E-state index contributed by atoms with van der Waals surface area (Å²) in [4.78, 5) is 9.52. The first-order chi connectivity index (χ1) is 6.11. The molecule has 0 heterocycles. The zero-order valence-corrected chi connectivity index (χ0v) is 9.07. The van der Waals surface area contributed by atoms with Gasteiger partial charge in [-0.2, -0.15) is 0 Å². The molecule has 0 amide bonds. The van der Waals surface area contributed by atoms with Crippen LogP contribution in [0.25, 0.3) is 0 Å². The van der Waals surface area contributed by atoms with Gasteiger partial charge in [0.05, 0.1) is 4.92 Å². The van der Waals surface area contributed by atoms with E-state index < -0.39 is 4.92 Å². The van der Waals surface area contributed by atoms with Gasteiger partial charge in [0.2, 0.25) is 0 Å². The van der Waals surface area contributed by atoms with Crippen molar-refractivity contribution in [3.63, 3.8) is 0 Å². The van der Waals surface area contributed by atoms with E-state index >= 15 is 0 Å². The van der Waals surface area contributed by atoms with Crippen LogP contribution in [0, 0.1) is 10.1 Å². The predicted octanol–water partition coefficient (Wildman–Crippen LogP) is 2.68. The molecule has 0 spiro atoms. The molecular weight excluding hydrogens is 313 g/mol. The molecule has 0 atom stereocenters. The Morgan fingerprint density at radius 2 is 1.69 bits per heavy atom. The molecule has 77 valence electrons. The zero-order chi connectivity index (χ0) is 10.3. The number of aromatic hydroxyl groups is 1. The fourth-order valence-electron chi connectivity index (χ4n) is 0.574. The third kappa shape index (κ3) is 5.90. The van der Waals surface area contributed by atoms with Crippen molar-refractivity contribution >= 4 is 24.1 Å². The van der Waals surface area contributed by atoms with E-state index in [0.717, 1.165) is 0 Å². The third-order valence-electron chi connectivity index (χ3n) is 1.06. The van der Waals surface area contributed by atoms with Crippen molar-refractivity contribution in [1.82, 2.24) is 0 Å². The van der Waals surface area contributed by atoms with Crippen LogP contribution in [0.1, 0.15) is 0 Å². The Morgan fingerprint density at radius 3 is 2.00 bits per heavy atom. The van der Waals surface area contributed by atoms with Crippen molar-refractivity contribution < 1.29 is 27.6 Å². The molecule has 1 N–H and O–H groups in total. The van der Waals surface area contributed by atoms with E-state index in [4.69, 9.17) is 23.5 Å². The van der Waals surface area contributed by atoms with Crippen LogP contribution in [0.2, 0.25) is 0 Å². The van der Waals surface area contributed by atoms with Crippen LogP contribution >= 0.6 is 18.4 Å². The SMILES string of the molecule is O=[N+]([O-])c1ccc(O)cc1.[Cl][Ag][Cl]. The van der Waals surface area contributed by atoms with Gasteiger partial charge in [0, 0.05) is 12.1 Å². The third-order valence-corrected chi connectivity index (χ3v) is 1.06. The number of benzene rings is 1. The molecule has 0 fully saturated rings. The second kappa shape index (κ2) is 7.17. The molecule has 7 heteroatoms. The van der Waals surface area contributed by atoms with E-state index in [1.165, 1.54) is 24.3 Å². The van der Waals surface area contributed by atoms with Gasteiger partial charge in [-0.05, 0) is 12.1 Å². The molecule has 0 aliphatic heterocycles. The van der Waals surface area contributed by atoms with Gasteiger partial charge >= 0.3 is 36.0 Å². The summed E-state index contributed by atoms with van der Waals surface area (Å²) < 4.78 is 0. The number of hydrogen-bond acceptors (Lipinski definition) is 3. The van der Waals surface area contributed by atoms with Gasteiger partial charge in [0.1, 0.15) is 5.75 Å². The average molecular weight is 318 g/mol. The van der Waals surface area contributed by atoms with Crippen LogP contribution < -0.4 is 0 Å². The van der Waals surface area contributed by atoms with E-state index in [1.807, 2.05) is 0 Å². The molecular formula is C6H5AgCl2NO3. The number of phenolic OH excluding ortho intramolecular Hbond substituents is 1. The normalized spacial score (nSPS) is 8.77. The van der Waals surface area contributed by atoms with Gasteiger partial charge in [-0.1, -0.05) is 0 Å². The molecule has 0 bridgehead atoms. The van der Waals surface area contributed by atoms with Gasteiger partial charge in [-0.25, -0.2) is 0 Å². The standard InChI is InChI=1S/C6H5NO3.Ag.2ClH/c8-6-3-1-5(2-4-6)7(9)10;;;/h1-4,8H;;2*1H/q;+2;;/p-2. The molecule has 1 rings (SSSR count). The fourth-order valence-corrected chi connectivity index (χ4v) is 0.574. The maximum absolute atomic E-state index is 10.0. The van der Waals surface area contributed by atoms with Gasteiger partial charge in [0.15, 0.2) is 0 Å². The Bertz CT molecular complexity index is 267. The number of phenols is 1. The van der Waals surface area contributed by atoms with E-state index in [0.29, 0.717) is 0 Å². The van der Waals surface area contributed by atoms with E-state index in [-0.39, 0.29) is 29.0 Å². The fraction of sp³-hybridized carbons (Fsp3) is 0. The Labute approximate surface area is 91.6 Å².